The molecule has 0 aliphatic heterocycles. The highest BCUT2D eigenvalue weighted by atomic mass is 32.2. The number of nitrogens with zero attached hydrogens (tertiary/aromatic N) is 3. The lowest BCUT2D eigenvalue weighted by molar-refractivity contribution is -0.139. The molecule has 3 aromatic rings. The number of hydrogen-bond acceptors (Lipinski definition) is 6. The van der Waals surface area contributed by atoms with Gasteiger partial charge in [-0.3, -0.25) is 4.79 Å². The van der Waals surface area contributed by atoms with E-state index in [0.717, 1.165) is 23.6 Å². The topological polar surface area (TPSA) is 66.2 Å². The van der Waals surface area contributed by atoms with Crippen LogP contribution in [0, 0.1) is 0 Å². The van der Waals surface area contributed by atoms with Gasteiger partial charge in [0.15, 0.2) is 11.0 Å². The summed E-state index contributed by atoms with van der Waals surface area (Å²) in [4.78, 5) is 11.8. The summed E-state index contributed by atoms with van der Waals surface area (Å²) in [5.74, 6) is 1.39. The van der Waals surface area contributed by atoms with E-state index in [1.165, 1.54) is 17.3 Å². The van der Waals surface area contributed by atoms with Crippen molar-refractivity contribution in [2.24, 2.45) is 0 Å². The molecule has 0 N–H and O–H groups in total. The Morgan fingerprint density at radius 1 is 1.07 bits per heavy atom. The minimum absolute atomic E-state index is 0.198. The SMILES string of the molecule is CCOC(=O)CSc1nnc(-c2ccccc2OC)n1CCc1ccccc1. The molecule has 2 aromatic carbocycles. The van der Waals surface area contributed by atoms with E-state index >= 15 is 0 Å². The summed E-state index contributed by atoms with van der Waals surface area (Å²) in [7, 11) is 1.64. The third kappa shape index (κ3) is 4.92. The number of aryl methyl sites for hydroxylation is 1. The molecule has 0 saturated heterocycles. The van der Waals surface area contributed by atoms with Crippen LogP contribution in [0.1, 0.15) is 12.5 Å². The molecule has 0 amide bonds. The van der Waals surface area contributed by atoms with Gasteiger partial charge in [0.25, 0.3) is 0 Å². The first-order valence-electron chi connectivity index (χ1n) is 9.11. The number of esters is 1. The van der Waals surface area contributed by atoms with Gasteiger partial charge in [0.1, 0.15) is 5.75 Å². The van der Waals surface area contributed by atoms with Crippen LogP contribution >= 0.6 is 11.8 Å². The van der Waals surface area contributed by atoms with E-state index in [0.29, 0.717) is 18.3 Å². The lowest BCUT2D eigenvalue weighted by atomic mass is 10.1. The van der Waals surface area contributed by atoms with Gasteiger partial charge < -0.3 is 14.0 Å². The van der Waals surface area contributed by atoms with Crippen molar-refractivity contribution < 1.29 is 14.3 Å². The van der Waals surface area contributed by atoms with Crippen molar-refractivity contribution in [2.45, 2.75) is 25.0 Å². The zero-order valence-electron chi connectivity index (χ0n) is 16.0. The Bertz CT molecular complexity index is 912. The number of carbonyl (C=O) groups is 1. The van der Waals surface area contributed by atoms with Crippen LogP contribution in [-0.4, -0.2) is 40.2 Å². The molecule has 0 aliphatic carbocycles. The Kier molecular flexibility index (Phi) is 7.08. The number of para-hydroxylation sites is 1. The summed E-state index contributed by atoms with van der Waals surface area (Å²) in [5, 5.41) is 9.40. The average molecular weight is 398 g/mol. The quantitative estimate of drug-likeness (QED) is 0.404. The van der Waals surface area contributed by atoms with Crippen LogP contribution in [0.3, 0.4) is 0 Å². The Morgan fingerprint density at radius 3 is 2.57 bits per heavy atom. The highest BCUT2D eigenvalue weighted by Crippen LogP contribution is 2.31. The first-order valence-corrected chi connectivity index (χ1v) is 10.1. The Morgan fingerprint density at radius 2 is 1.82 bits per heavy atom. The van der Waals surface area contributed by atoms with Gasteiger partial charge in [-0.15, -0.1) is 10.2 Å². The van der Waals surface area contributed by atoms with Gasteiger partial charge in [0, 0.05) is 6.54 Å². The molecule has 0 bridgehead atoms. The molecule has 0 aliphatic rings. The summed E-state index contributed by atoms with van der Waals surface area (Å²) < 4.78 is 12.6. The average Bonchev–Trinajstić information content (AvgIpc) is 3.14. The van der Waals surface area contributed by atoms with E-state index in [1.54, 1.807) is 14.0 Å². The van der Waals surface area contributed by atoms with Crippen molar-refractivity contribution in [3.8, 4) is 17.1 Å². The largest absolute Gasteiger partial charge is 0.496 e. The number of carbonyl (C=O) groups excluding carboxylic acids is 1. The molecule has 0 radical (unpaired) electrons. The molecule has 0 unspecified atom stereocenters. The minimum Gasteiger partial charge on any atom is -0.496 e. The molecule has 0 saturated carbocycles. The van der Waals surface area contributed by atoms with Gasteiger partial charge in [-0.05, 0) is 31.0 Å². The maximum Gasteiger partial charge on any atom is 0.316 e. The van der Waals surface area contributed by atoms with Crippen LogP contribution in [0.2, 0.25) is 0 Å². The molecule has 0 spiro atoms. The standard InChI is InChI=1S/C21H23N3O3S/c1-3-27-19(25)15-28-21-23-22-20(17-11-7-8-12-18(17)26-2)24(21)14-13-16-9-5-4-6-10-16/h4-12H,3,13-15H2,1-2H3. The molecule has 146 valence electrons. The van der Waals surface area contributed by atoms with Gasteiger partial charge in [-0.2, -0.15) is 0 Å². The van der Waals surface area contributed by atoms with E-state index in [1.807, 2.05) is 47.0 Å². The first-order chi connectivity index (χ1) is 13.7. The smallest absolute Gasteiger partial charge is 0.316 e. The summed E-state index contributed by atoms with van der Waals surface area (Å²) >= 11 is 1.33. The molecule has 1 aromatic heterocycles. The maximum absolute atomic E-state index is 11.8. The first kappa shape index (κ1) is 19.9. The van der Waals surface area contributed by atoms with Crippen molar-refractivity contribution in [3.63, 3.8) is 0 Å². The van der Waals surface area contributed by atoms with Gasteiger partial charge in [-0.25, -0.2) is 0 Å². The number of ether oxygens (including phenoxy) is 2. The van der Waals surface area contributed by atoms with Gasteiger partial charge >= 0.3 is 5.97 Å². The molecule has 0 atom stereocenters. The fourth-order valence-electron chi connectivity index (χ4n) is 2.84. The van der Waals surface area contributed by atoms with E-state index < -0.39 is 0 Å². The number of thioether (sulfide) groups is 1. The zero-order chi connectivity index (χ0) is 19.8. The fraction of sp³-hybridized carbons (Fsp3) is 0.286. The van der Waals surface area contributed by atoms with E-state index in [2.05, 4.69) is 22.3 Å². The third-order valence-electron chi connectivity index (χ3n) is 4.16. The number of benzene rings is 2. The second-order valence-electron chi connectivity index (χ2n) is 5.99. The van der Waals surface area contributed by atoms with Crippen molar-refractivity contribution in [1.82, 2.24) is 14.8 Å². The van der Waals surface area contributed by atoms with Crippen molar-refractivity contribution in [2.75, 3.05) is 19.5 Å². The molecule has 0 fully saturated rings. The Hall–Kier alpha value is -2.80. The van der Waals surface area contributed by atoms with Gasteiger partial charge in [-0.1, -0.05) is 54.2 Å². The number of rotatable bonds is 9. The van der Waals surface area contributed by atoms with Gasteiger partial charge in [0.05, 0.1) is 25.0 Å². The van der Waals surface area contributed by atoms with Crippen molar-refractivity contribution in [1.29, 1.82) is 0 Å². The molecule has 1 heterocycles. The van der Waals surface area contributed by atoms with Crippen molar-refractivity contribution in [3.05, 3.63) is 60.2 Å². The molecular formula is C21H23N3O3S. The van der Waals surface area contributed by atoms with Crippen LogP contribution < -0.4 is 4.74 Å². The molecule has 3 rings (SSSR count). The summed E-state index contributed by atoms with van der Waals surface area (Å²) in [6.45, 7) is 2.85. The Balaban J connectivity index is 1.89. The molecule has 28 heavy (non-hydrogen) atoms. The van der Waals surface area contributed by atoms with Crippen LogP contribution in [0.25, 0.3) is 11.4 Å². The van der Waals surface area contributed by atoms with E-state index in [9.17, 15) is 4.79 Å². The molecule has 7 heteroatoms. The number of hydrogen-bond donors (Lipinski definition) is 0. The fourth-order valence-corrected chi connectivity index (χ4v) is 3.60. The van der Waals surface area contributed by atoms with E-state index in [4.69, 9.17) is 9.47 Å². The number of aromatic nitrogens is 3. The highest BCUT2D eigenvalue weighted by Gasteiger charge is 2.18. The van der Waals surface area contributed by atoms with Crippen LogP contribution in [0.15, 0.2) is 59.8 Å². The zero-order valence-corrected chi connectivity index (χ0v) is 16.8. The van der Waals surface area contributed by atoms with Gasteiger partial charge in [0.2, 0.25) is 0 Å². The minimum atomic E-state index is -0.260. The van der Waals surface area contributed by atoms with Crippen LogP contribution in [0.4, 0.5) is 0 Å². The van der Waals surface area contributed by atoms with Crippen molar-refractivity contribution >= 4 is 17.7 Å². The summed E-state index contributed by atoms with van der Waals surface area (Å²) in [6, 6.07) is 18.0. The number of methoxy groups -OCH3 is 1. The molecule has 6 nitrogen and oxygen atoms in total. The second-order valence-corrected chi connectivity index (χ2v) is 6.93. The summed E-state index contributed by atoms with van der Waals surface area (Å²) in [6.07, 6.45) is 0.827. The maximum atomic E-state index is 11.8. The normalized spacial score (nSPS) is 10.6. The third-order valence-corrected chi connectivity index (χ3v) is 5.10. The Labute approximate surface area is 168 Å². The summed E-state index contributed by atoms with van der Waals surface area (Å²) in [5.41, 5.74) is 2.09. The lowest BCUT2D eigenvalue weighted by Crippen LogP contribution is -2.09. The highest BCUT2D eigenvalue weighted by molar-refractivity contribution is 7.99. The predicted octanol–water partition coefficient (Wildman–Crippen LogP) is 3.85. The lowest BCUT2D eigenvalue weighted by Gasteiger charge is -2.12. The molecular weight excluding hydrogens is 374 g/mol. The van der Waals surface area contributed by atoms with Crippen LogP contribution in [-0.2, 0) is 22.5 Å². The van der Waals surface area contributed by atoms with E-state index in [-0.39, 0.29) is 11.7 Å². The second kappa shape index (κ2) is 9.94. The predicted molar refractivity (Wildman–Crippen MR) is 110 cm³/mol. The van der Waals surface area contributed by atoms with Crippen LogP contribution in [0.5, 0.6) is 5.75 Å². The monoisotopic (exact) mass is 397 g/mol.